The maximum atomic E-state index is 6.17. The van der Waals surface area contributed by atoms with E-state index < -0.39 is 13.3 Å². The Hall–Kier alpha value is -5.14. The van der Waals surface area contributed by atoms with Gasteiger partial charge in [0.05, 0.1) is 16.9 Å². The first-order valence-electron chi connectivity index (χ1n) is 18.9. The van der Waals surface area contributed by atoms with Crippen LogP contribution in [0, 0.1) is 25.0 Å². The van der Waals surface area contributed by atoms with Crippen LogP contribution in [-0.4, -0.2) is 32.8 Å². The van der Waals surface area contributed by atoms with Crippen molar-refractivity contribution in [3.63, 3.8) is 0 Å². The molecule has 5 aromatic carbocycles. The second-order valence-electron chi connectivity index (χ2n) is 15.5. The number of aromatic nitrogens is 4. The topological polar surface area (TPSA) is 56.7 Å². The maximum Gasteiger partial charge on any atom is 0.0774 e. The molecule has 0 saturated carbocycles. The fourth-order valence-corrected chi connectivity index (χ4v) is 10.6. The van der Waals surface area contributed by atoms with Crippen molar-refractivity contribution in [2.45, 2.75) is 44.5 Å². The number of para-hydroxylation sites is 2. The van der Waals surface area contributed by atoms with E-state index in [4.69, 9.17) is 14.4 Å². The summed E-state index contributed by atoms with van der Waals surface area (Å²) < 4.78 is 9.87. The molecule has 281 valence electrons. The fourth-order valence-electron chi connectivity index (χ4n) is 7.28. The van der Waals surface area contributed by atoms with Crippen LogP contribution in [-0.2, 0) is 26.5 Å². The van der Waals surface area contributed by atoms with Crippen LogP contribution in [0.2, 0.25) is 17.3 Å². The number of furan rings is 1. The molecule has 9 aromatic rings. The molecule has 56 heavy (non-hydrogen) atoms. The Morgan fingerprint density at radius 2 is 1.50 bits per heavy atom. The van der Waals surface area contributed by atoms with Gasteiger partial charge in [0, 0.05) is 25.8 Å². The Morgan fingerprint density at radius 3 is 2.27 bits per heavy atom. The summed E-state index contributed by atoms with van der Waals surface area (Å²) in [5.41, 5.74) is 12.3. The molecule has 0 aliphatic heterocycles. The largest absolute Gasteiger partial charge is 0.333 e. The van der Waals surface area contributed by atoms with Crippen LogP contribution < -0.4 is 4.40 Å². The van der Waals surface area contributed by atoms with Crippen LogP contribution in [0.5, 0.6) is 0 Å². The summed E-state index contributed by atoms with van der Waals surface area (Å²) >= 11 is -1.99. The molecule has 1 radical (unpaired) electrons. The summed E-state index contributed by atoms with van der Waals surface area (Å²) in [5, 5.41) is 2.11. The number of aryl methyl sites for hydroxylation is 1. The number of benzene rings is 5. The summed E-state index contributed by atoms with van der Waals surface area (Å²) in [5.74, 6) is 8.81. The molecule has 9 rings (SSSR count). The van der Waals surface area contributed by atoms with Crippen LogP contribution in [0.4, 0.5) is 0 Å². The van der Waals surface area contributed by atoms with Gasteiger partial charge in [-0.15, -0.1) is 35.9 Å². The molecule has 0 aliphatic carbocycles. The molecule has 7 heteroatoms. The molecule has 0 unspecified atom stereocenters. The minimum absolute atomic E-state index is 0. The Labute approximate surface area is 345 Å². The average molecular weight is 970 g/mol. The molecule has 4 heterocycles. The predicted molar refractivity (Wildman–Crippen MR) is 231 cm³/mol. The van der Waals surface area contributed by atoms with Gasteiger partial charge in [0.15, 0.2) is 0 Å². The van der Waals surface area contributed by atoms with Crippen LogP contribution in [0.15, 0.2) is 144 Å². The third kappa shape index (κ3) is 8.06. The summed E-state index contributed by atoms with van der Waals surface area (Å²) in [6.45, 7) is 6.54. The van der Waals surface area contributed by atoms with Gasteiger partial charge in [-0.25, -0.2) is 0 Å². The quantitative estimate of drug-likeness (QED) is 0.118. The van der Waals surface area contributed by atoms with Gasteiger partial charge in [0.25, 0.3) is 0 Å². The molecule has 0 amide bonds. The van der Waals surface area contributed by atoms with Gasteiger partial charge in [-0.2, -0.15) is 0 Å². The summed E-state index contributed by atoms with van der Waals surface area (Å²) in [6, 6.07) is 52.4. The second kappa shape index (κ2) is 16.5. The molecule has 0 aliphatic rings. The summed E-state index contributed by atoms with van der Waals surface area (Å²) in [6.07, 6.45) is 3.19. The van der Waals surface area contributed by atoms with Crippen LogP contribution in [0.25, 0.3) is 72.6 Å². The maximum absolute atomic E-state index is 6.17. The Balaban J connectivity index is 0.000000169. The van der Waals surface area contributed by atoms with Crippen LogP contribution in [0.1, 0.15) is 25.1 Å². The van der Waals surface area contributed by atoms with E-state index >= 15 is 0 Å². The van der Waals surface area contributed by atoms with Crippen molar-refractivity contribution < 1.29 is 24.5 Å². The van der Waals surface area contributed by atoms with Crippen molar-refractivity contribution in [1.82, 2.24) is 19.5 Å². The second-order valence-corrected chi connectivity index (χ2v) is 26.1. The molecule has 0 fully saturated rings. The third-order valence-corrected chi connectivity index (χ3v) is 14.2. The molecular formula is C49H44GeIrN4O-2. The summed E-state index contributed by atoms with van der Waals surface area (Å²) in [7, 11) is 0. The van der Waals surface area contributed by atoms with E-state index in [0.717, 1.165) is 67.8 Å². The number of pyridine rings is 2. The SMILES string of the molecule is Cc1ccc2c(n1)oc1c(-c3cc(CC(C)C)[c]([Ge]([CH3])([CH3])[CH3])cn3)[c-]ccc12.[Ir].[c-]1ccccc1-c1nc2ccccc2n1-c1cccc(-c2ccccc2)c1. The number of hydrogen-bond acceptors (Lipinski definition) is 4. The zero-order valence-corrected chi connectivity index (χ0v) is 37.1. The van der Waals surface area contributed by atoms with Crippen molar-refractivity contribution in [3.05, 3.63) is 163 Å². The van der Waals surface area contributed by atoms with Crippen LogP contribution in [0.3, 0.4) is 0 Å². The van der Waals surface area contributed by atoms with Crippen molar-refractivity contribution >= 4 is 50.8 Å². The first-order valence-corrected chi connectivity index (χ1v) is 26.3. The van der Waals surface area contributed by atoms with E-state index in [2.05, 4.69) is 150 Å². The van der Waals surface area contributed by atoms with Gasteiger partial charge in [-0.3, -0.25) is 4.98 Å². The average Bonchev–Trinajstić information content (AvgIpc) is 3.77. The van der Waals surface area contributed by atoms with E-state index in [-0.39, 0.29) is 20.1 Å². The van der Waals surface area contributed by atoms with Crippen molar-refractivity contribution in [2.75, 3.05) is 0 Å². The number of hydrogen-bond donors (Lipinski definition) is 0. The van der Waals surface area contributed by atoms with Gasteiger partial charge in [0.1, 0.15) is 0 Å². The van der Waals surface area contributed by atoms with Crippen molar-refractivity contribution in [1.29, 1.82) is 0 Å². The standard InChI is InChI=1S/C25H17N2.C24H27GeN2O.Ir/c1-3-10-19(11-4-1)21-14-9-15-22(18-21)27-24-17-8-7-16-23(24)26-25(27)20-12-5-2-6-13-20;1-15(2)12-17-13-22(26-14-21(17)25(4,5)6)20-9-7-8-18-19-11-10-16(3)27-24(19)28-23(18)20;/h1-12,14-18H;7-8,10-11,13-15H,12H2,1-6H3;/q2*-1;. The number of imidazole rings is 1. The molecule has 0 bridgehead atoms. The van der Waals surface area contributed by atoms with E-state index in [1.165, 1.54) is 21.1 Å². The Bertz CT molecular complexity index is 2770. The molecule has 0 N–H and O–H groups in total. The Kier molecular flexibility index (Phi) is 11.5. The predicted octanol–water partition coefficient (Wildman–Crippen LogP) is 12.1. The normalized spacial score (nSPS) is 11.5. The van der Waals surface area contributed by atoms with Crippen molar-refractivity contribution in [2.24, 2.45) is 5.92 Å². The van der Waals surface area contributed by atoms with E-state index in [1.807, 2.05) is 49.4 Å². The monoisotopic (exact) mass is 971 g/mol. The zero-order valence-electron chi connectivity index (χ0n) is 32.6. The third-order valence-electron chi connectivity index (χ3n) is 9.84. The van der Waals surface area contributed by atoms with E-state index in [9.17, 15) is 0 Å². The number of nitrogens with zero attached hydrogens (tertiary/aromatic N) is 4. The number of rotatable bonds is 7. The van der Waals surface area contributed by atoms with Gasteiger partial charge >= 0.3 is 170 Å². The Morgan fingerprint density at radius 1 is 0.732 bits per heavy atom. The van der Waals surface area contributed by atoms with Crippen molar-refractivity contribution in [3.8, 4) is 39.5 Å². The van der Waals surface area contributed by atoms with Crippen LogP contribution >= 0.6 is 0 Å². The van der Waals surface area contributed by atoms with Gasteiger partial charge in [0.2, 0.25) is 0 Å². The smallest absolute Gasteiger partial charge is 0.0774 e. The first kappa shape index (κ1) is 39.1. The minimum atomic E-state index is -1.99. The minimum Gasteiger partial charge on any atom is -0.333 e. The summed E-state index contributed by atoms with van der Waals surface area (Å²) in [4.78, 5) is 14.3. The molecular weight excluding hydrogens is 925 g/mol. The molecule has 0 saturated heterocycles. The molecule has 4 aromatic heterocycles. The number of fused-ring (bicyclic) bond motifs is 4. The first-order chi connectivity index (χ1) is 26.6. The van der Waals surface area contributed by atoms with Gasteiger partial charge < -0.3 is 4.57 Å². The van der Waals surface area contributed by atoms with E-state index in [1.54, 1.807) is 0 Å². The fraction of sp³-hybridized carbons (Fsp3) is 0.163. The molecule has 0 spiro atoms. The molecule has 5 nitrogen and oxygen atoms in total. The molecule has 0 atom stereocenters. The zero-order chi connectivity index (χ0) is 38.1. The van der Waals surface area contributed by atoms with Gasteiger partial charge in [-0.1, -0.05) is 54.6 Å². The van der Waals surface area contributed by atoms with Gasteiger partial charge in [-0.05, 0) is 35.4 Å². The van der Waals surface area contributed by atoms with E-state index in [0.29, 0.717) is 11.6 Å².